The molecular formula is C24H34N2O3S. The first-order valence-electron chi connectivity index (χ1n) is 10.6. The van der Waals surface area contributed by atoms with Crippen molar-refractivity contribution >= 4 is 21.6 Å². The Morgan fingerprint density at radius 1 is 1.00 bits per heavy atom. The van der Waals surface area contributed by atoms with Gasteiger partial charge in [0.05, 0.1) is 11.9 Å². The van der Waals surface area contributed by atoms with E-state index in [2.05, 4.69) is 37.4 Å². The lowest BCUT2D eigenvalue weighted by molar-refractivity contribution is -0.122. The fourth-order valence-electron chi connectivity index (χ4n) is 3.70. The Morgan fingerprint density at radius 3 is 2.27 bits per heavy atom. The second-order valence-electron chi connectivity index (χ2n) is 7.80. The molecule has 0 spiro atoms. The zero-order valence-electron chi connectivity index (χ0n) is 19.0. The van der Waals surface area contributed by atoms with E-state index in [0.717, 1.165) is 35.8 Å². The monoisotopic (exact) mass is 430 g/mol. The molecule has 30 heavy (non-hydrogen) atoms. The van der Waals surface area contributed by atoms with Crippen LogP contribution in [0, 0.1) is 13.8 Å². The Hall–Kier alpha value is -2.34. The third-order valence-electron chi connectivity index (χ3n) is 5.44. The molecule has 6 heteroatoms. The van der Waals surface area contributed by atoms with Crippen molar-refractivity contribution in [1.29, 1.82) is 0 Å². The molecule has 0 aliphatic heterocycles. The predicted octanol–water partition coefficient (Wildman–Crippen LogP) is 4.29. The number of nitrogens with one attached hydrogen (secondary N) is 1. The normalized spacial score (nSPS) is 12.5. The van der Waals surface area contributed by atoms with Gasteiger partial charge in [-0.1, -0.05) is 51.1 Å². The zero-order chi connectivity index (χ0) is 22.5. The van der Waals surface area contributed by atoms with Crippen LogP contribution >= 0.6 is 0 Å². The molecule has 0 saturated heterocycles. The lowest BCUT2D eigenvalue weighted by Crippen LogP contribution is -2.49. The lowest BCUT2D eigenvalue weighted by atomic mass is 10.0. The van der Waals surface area contributed by atoms with E-state index in [4.69, 9.17) is 0 Å². The highest BCUT2D eigenvalue weighted by Gasteiger charge is 2.32. The van der Waals surface area contributed by atoms with Crippen molar-refractivity contribution in [3.8, 4) is 0 Å². The van der Waals surface area contributed by atoms with E-state index in [9.17, 15) is 13.2 Å². The average molecular weight is 431 g/mol. The van der Waals surface area contributed by atoms with Crippen LogP contribution in [0.25, 0.3) is 0 Å². The van der Waals surface area contributed by atoms with Gasteiger partial charge in [0.1, 0.15) is 6.04 Å². The minimum absolute atomic E-state index is 0.284. The molecule has 1 N–H and O–H groups in total. The van der Waals surface area contributed by atoms with Gasteiger partial charge in [-0.2, -0.15) is 0 Å². The number of aryl methyl sites for hydroxylation is 4. The smallest absolute Gasteiger partial charge is 0.244 e. The van der Waals surface area contributed by atoms with Crippen LogP contribution in [0.15, 0.2) is 36.4 Å². The molecule has 0 bridgehead atoms. The van der Waals surface area contributed by atoms with Gasteiger partial charge in [0.2, 0.25) is 15.9 Å². The third-order valence-corrected chi connectivity index (χ3v) is 6.61. The molecule has 0 heterocycles. The maximum atomic E-state index is 13.1. The summed E-state index contributed by atoms with van der Waals surface area (Å²) in [5, 5.41) is 2.99. The number of nitrogens with zero attached hydrogens (tertiary/aromatic N) is 1. The van der Waals surface area contributed by atoms with E-state index >= 15 is 0 Å². The van der Waals surface area contributed by atoms with Gasteiger partial charge in [0.25, 0.3) is 0 Å². The number of benzene rings is 2. The molecule has 0 fully saturated rings. The third kappa shape index (κ3) is 5.63. The van der Waals surface area contributed by atoms with E-state index < -0.39 is 16.1 Å². The first-order chi connectivity index (χ1) is 14.1. The van der Waals surface area contributed by atoms with Gasteiger partial charge in [0.15, 0.2) is 0 Å². The largest absolute Gasteiger partial charge is 0.350 e. The minimum atomic E-state index is -3.65. The number of amides is 1. The van der Waals surface area contributed by atoms with E-state index in [-0.39, 0.29) is 5.91 Å². The highest BCUT2D eigenvalue weighted by atomic mass is 32.2. The summed E-state index contributed by atoms with van der Waals surface area (Å²) in [6.07, 6.45) is 3.34. The summed E-state index contributed by atoms with van der Waals surface area (Å²) >= 11 is 0. The Balaban J connectivity index is 2.34. The quantitative estimate of drug-likeness (QED) is 0.645. The molecule has 0 aliphatic carbocycles. The number of carbonyl (C=O) groups is 1. The molecule has 0 aliphatic rings. The Labute approximate surface area is 181 Å². The van der Waals surface area contributed by atoms with E-state index in [1.807, 2.05) is 39.0 Å². The van der Waals surface area contributed by atoms with Gasteiger partial charge < -0.3 is 5.32 Å². The molecule has 2 rings (SSSR count). The summed E-state index contributed by atoms with van der Waals surface area (Å²) in [7, 11) is -3.65. The van der Waals surface area contributed by atoms with Gasteiger partial charge in [-0.15, -0.1) is 0 Å². The molecule has 0 saturated carbocycles. The number of hydrogen-bond acceptors (Lipinski definition) is 3. The molecule has 164 valence electrons. The zero-order valence-corrected chi connectivity index (χ0v) is 19.8. The summed E-state index contributed by atoms with van der Waals surface area (Å²) < 4.78 is 26.7. The Kier molecular flexibility index (Phi) is 8.07. The second kappa shape index (κ2) is 10.1. The summed E-state index contributed by atoms with van der Waals surface area (Å²) in [5.74, 6) is -0.284. The summed E-state index contributed by atoms with van der Waals surface area (Å²) in [5.41, 5.74) is 5.82. The van der Waals surface area contributed by atoms with E-state index in [1.54, 1.807) is 0 Å². The lowest BCUT2D eigenvalue weighted by Gasteiger charge is -2.31. The summed E-state index contributed by atoms with van der Waals surface area (Å²) in [4.78, 5) is 13.1. The minimum Gasteiger partial charge on any atom is -0.350 e. The molecule has 0 radical (unpaired) electrons. The van der Waals surface area contributed by atoms with Crippen LogP contribution in [0.3, 0.4) is 0 Å². The van der Waals surface area contributed by atoms with Crippen LogP contribution in [0.1, 0.15) is 55.0 Å². The first-order valence-corrected chi connectivity index (χ1v) is 12.4. The van der Waals surface area contributed by atoms with Crippen LogP contribution in [0.4, 0.5) is 5.69 Å². The molecule has 1 atom stereocenters. The van der Waals surface area contributed by atoms with Gasteiger partial charge in [-0.3, -0.25) is 9.10 Å². The maximum Gasteiger partial charge on any atom is 0.244 e. The second-order valence-corrected chi connectivity index (χ2v) is 9.66. The first kappa shape index (κ1) is 23.9. The number of sulfonamides is 1. The Bertz CT molecular complexity index is 1000. The molecule has 2 aromatic rings. The topological polar surface area (TPSA) is 66.5 Å². The predicted molar refractivity (Wildman–Crippen MR) is 124 cm³/mol. The van der Waals surface area contributed by atoms with Crippen molar-refractivity contribution in [2.24, 2.45) is 0 Å². The van der Waals surface area contributed by atoms with E-state index in [0.29, 0.717) is 18.7 Å². The molecule has 1 amide bonds. The summed E-state index contributed by atoms with van der Waals surface area (Å²) in [6, 6.07) is 11.2. The number of hydrogen-bond donors (Lipinski definition) is 1. The Morgan fingerprint density at radius 2 is 1.70 bits per heavy atom. The van der Waals surface area contributed by atoms with Crippen LogP contribution in [-0.4, -0.2) is 26.6 Å². The number of anilines is 1. The summed E-state index contributed by atoms with van der Waals surface area (Å²) in [6.45, 7) is 10.2. The standard InChI is InChI=1S/C24H34N2O3S/c1-7-19-12-13-20(8-2)21(15-19)16-25-24(27)22(9-3)26(30(6,28)29)23-14-17(4)10-11-18(23)5/h10-15,22H,7-9,16H2,1-6H3,(H,25,27)/t22-/m0/s1. The van der Waals surface area contributed by atoms with Crippen LogP contribution in [-0.2, 0) is 34.2 Å². The highest BCUT2D eigenvalue weighted by molar-refractivity contribution is 7.92. The van der Waals surface area contributed by atoms with Gasteiger partial charge >= 0.3 is 0 Å². The van der Waals surface area contributed by atoms with Crippen molar-refractivity contribution in [2.75, 3.05) is 10.6 Å². The molecule has 0 aromatic heterocycles. The van der Waals surface area contributed by atoms with Crippen LogP contribution < -0.4 is 9.62 Å². The molecule has 5 nitrogen and oxygen atoms in total. The van der Waals surface area contributed by atoms with Gasteiger partial charge in [0, 0.05) is 6.54 Å². The van der Waals surface area contributed by atoms with E-state index in [1.165, 1.54) is 15.4 Å². The molecule has 2 aromatic carbocycles. The molecular weight excluding hydrogens is 396 g/mol. The number of carbonyl (C=O) groups excluding carboxylic acids is 1. The van der Waals surface area contributed by atoms with Crippen LogP contribution in [0.5, 0.6) is 0 Å². The fourth-order valence-corrected chi connectivity index (χ4v) is 4.96. The highest BCUT2D eigenvalue weighted by Crippen LogP contribution is 2.27. The molecule has 0 unspecified atom stereocenters. The van der Waals surface area contributed by atoms with Crippen molar-refractivity contribution in [1.82, 2.24) is 5.32 Å². The average Bonchev–Trinajstić information content (AvgIpc) is 2.70. The van der Waals surface area contributed by atoms with Crippen LogP contribution in [0.2, 0.25) is 0 Å². The van der Waals surface area contributed by atoms with Crippen molar-refractivity contribution in [2.45, 2.75) is 66.5 Å². The van der Waals surface area contributed by atoms with Gasteiger partial charge in [-0.25, -0.2) is 8.42 Å². The van der Waals surface area contributed by atoms with Crippen molar-refractivity contribution < 1.29 is 13.2 Å². The SMILES string of the molecule is CCc1ccc(CC)c(CNC(=O)[C@H](CC)N(c2cc(C)ccc2C)S(C)(=O)=O)c1. The van der Waals surface area contributed by atoms with Crippen molar-refractivity contribution in [3.05, 3.63) is 64.2 Å². The van der Waals surface area contributed by atoms with Gasteiger partial charge in [-0.05, 0) is 67.0 Å². The fraction of sp³-hybridized carbons (Fsp3) is 0.458. The maximum absolute atomic E-state index is 13.1. The van der Waals surface area contributed by atoms with Crippen molar-refractivity contribution in [3.63, 3.8) is 0 Å². The number of rotatable bonds is 9.